The van der Waals surface area contributed by atoms with Crippen LogP contribution in [0.1, 0.15) is 24.1 Å². The summed E-state index contributed by atoms with van der Waals surface area (Å²) in [7, 11) is 2.09. The minimum Gasteiger partial charge on any atom is -0.454 e. The van der Waals surface area contributed by atoms with E-state index in [2.05, 4.69) is 11.9 Å². The molecule has 2 aliphatic heterocycles. The molecule has 8 heteroatoms. The van der Waals surface area contributed by atoms with Gasteiger partial charge in [-0.25, -0.2) is 9.37 Å². The number of nitrogens with zero attached hydrogens (tertiary/aromatic N) is 3. The number of carbonyl (C=O) groups is 1. The van der Waals surface area contributed by atoms with E-state index >= 15 is 0 Å². The van der Waals surface area contributed by atoms with E-state index in [-0.39, 0.29) is 37.5 Å². The lowest BCUT2D eigenvalue weighted by atomic mass is 10.0. The average molecular weight is 468 g/mol. The van der Waals surface area contributed by atoms with E-state index in [1.54, 1.807) is 12.1 Å². The van der Waals surface area contributed by atoms with Gasteiger partial charge in [0.1, 0.15) is 10.8 Å². The van der Waals surface area contributed by atoms with Crippen molar-refractivity contribution < 1.29 is 18.7 Å². The molecule has 3 aromatic rings. The van der Waals surface area contributed by atoms with Crippen LogP contribution >= 0.6 is 11.3 Å². The van der Waals surface area contributed by atoms with Gasteiger partial charge in [0, 0.05) is 29.1 Å². The second-order valence-corrected chi connectivity index (χ2v) is 9.39. The summed E-state index contributed by atoms with van der Waals surface area (Å²) in [6.07, 6.45) is 1.97. The van der Waals surface area contributed by atoms with E-state index in [1.165, 1.54) is 17.4 Å². The fraction of sp³-hybridized carbons (Fsp3) is 0.360. The monoisotopic (exact) mass is 467 g/mol. The van der Waals surface area contributed by atoms with Crippen LogP contribution in [0.3, 0.4) is 0 Å². The van der Waals surface area contributed by atoms with Crippen LogP contribution in [-0.2, 0) is 17.8 Å². The van der Waals surface area contributed by atoms with E-state index in [4.69, 9.17) is 14.5 Å². The Labute approximate surface area is 196 Å². The standard InChI is InChI=1S/C25H26FN3O3S/c1-28-10-8-20(9-11-28)29(14-18-4-2-3-5-21(18)26)24(30)13-19-15-33-25(27-19)17-6-7-22-23(12-17)32-16-31-22/h2-7,12,15,20H,8-11,13-14,16H2,1H3. The number of hydrogen-bond acceptors (Lipinski definition) is 6. The molecule has 0 spiro atoms. The van der Waals surface area contributed by atoms with Gasteiger partial charge < -0.3 is 19.3 Å². The second-order valence-electron chi connectivity index (χ2n) is 8.54. The lowest BCUT2D eigenvalue weighted by molar-refractivity contribution is -0.134. The zero-order valence-corrected chi connectivity index (χ0v) is 19.3. The molecule has 3 heterocycles. The van der Waals surface area contributed by atoms with Crippen LogP contribution in [0.15, 0.2) is 47.8 Å². The van der Waals surface area contributed by atoms with E-state index in [0.717, 1.165) is 47.9 Å². The minimum absolute atomic E-state index is 0.0182. The molecule has 1 fully saturated rings. The van der Waals surface area contributed by atoms with Crippen LogP contribution < -0.4 is 9.47 Å². The van der Waals surface area contributed by atoms with E-state index in [0.29, 0.717) is 11.3 Å². The molecule has 33 heavy (non-hydrogen) atoms. The number of hydrogen-bond donors (Lipinski definition) is 0. The Bertz CT molecular complexity index is 1140. The van der Waals surface area contributed by atoms with E-state index in [1.807, 2.05) is 34.5 Å². The molecule has 0 aliphatic carbocycles. The van der Waals surface area contributed by atoms with E-state index in [9.17, 15) is 9.18 Å². The first-order chi connectivity index (χ1) is 16.1. The van der Waals surface area contributed by atoms with Gasteiger partial charge >= 0.3 is 0 Å². The highest BCUT2D eigenvalue weighted by molar-refractivity contribution is 7.13. The van der Waals surface area contributed by atoms with Crippen molar-refractivity contribution in [3.05, 3.63) is 64.9 Å². The number of benzene rings is 2. The molecule has 0 saturated carbocycles. The van der Waals surface area contributed by atoms with Crippen molar-refractivity contribution in [2.45, 2.75) is 31.8 Å². The molecule has 1 amide bonds. The topological polar surface area (TPSA) is 54.9 Å². The third-order valence-electron chi connectivity index (χ3n) is 6.25. The number of rotatable bonds is 6. The molecule has 2 aromatic carbocycles. The van der Waals surface area contributed by atoms with Crippen molar-refractivity contribution in [3.8, 4) is 22.1 Å². The number of fused-ring (bicyclic) bond motifs is 1. The Morgan fingerprint density at radius 1 is 1.18 bits per heavy atom. The summed E-state index contributed by atoms with van der Waals surface area (Å²) in [5.74, 6) is 1.14. The molecule has 1 saturated heterocycles. The highest BCUT2D eigenvalue weighted by Gasteiger charge is 2.28. The quantitative estimate of drug-likeness (QED) is 0.540. The van der Waals surface area contributed by atoms with Crippen LogP contribution in [0.5, 0.6) is 11.5 Å². The first-order valence-corrected chi connectivity index (χ1v) is 12.0. The number of piperidine rings is 1. The number of ether oxygens (including phenoxy) is 2. The third-order valence-corrected chi connectivity index (χ3v) is 7.19. The van der Waals surface area contributed by atoms with Gasteiger partial charge in [0.15, 0.2) is 11.5 Å². The second kappa shape index (κ2) is 9.49. The number of thiazole rings is 1. The van der Waals surface area contributed by atoms with Crippen LogP contribution in [0.4, 0.5) is 4.39 Å². The maximum atomic E-state index is 14.4. The summed E-state index contributed by atoms with van der Waals surface area (Å²) in [5, 5.41) is 2.75. The maximum Gasteiger partial charge on any atom is 0.231 e. The summed E-state index contributed by atoms with van der Waals surface area (Å²) in [6.45, 7) is 2.36. The summed E-state index contributed by atoms with van der Waals surface area (Å²) in [4.78, 5) is 22.2. The van der Waals surface area contributed by atoms with Gasteiger partial charge in [-0.2, -0.15) is 0 Å². The van der Waals surface area contributed by atoms with Crippen molar-refractivity contribution in [3.63, 3.8) is 0 Å². The molecule has 1 aromatic heterocycles. The van der Waals surface area contributed by atoms with Crippen LogP contribution in [0.25, 0.3) is 10.6 Å². The highest BCUT2D eigenvalue weighted by atomic mass is 32.1. The predicted molar refractivity (Wildman–Crippen MR) is 125 cm³/mol. The first-order valence-electron chi connectivity index (χ1n) is 11.1. The average Bonchev–Trinajstić information content (AvgIpc) is 3.48. The molecule has 0 bridgehead atoms. The molecule has 2 aliphatic rings. The molecular weight excluding hydrogens is 441 g/mol. The van der Waals surface area contributed by atoms with Crippen molar-refractivity contribution in [1.29, 1.82) is 0 Å². The van der Waals surface area contributed by atoms with Crippen LogP contribution in [0.2, 0.25) is 0 Å². The van der Waals surface area contributed by atoms with Crippen LogP contribution in [0, 0.1) is 5.82 Å². The lowest BCUT2D eigenvalue weighted by Gasteiger charge is -2.37. The van der Waals surface area contributed by atoms with Crippen molar-refractivity contribution >= 4 is 17.2 Å². The highest BCUT2D eigenvalue weighted by Crippen LogP contribution is 2.36. The summed E-state index contributed by atoms with van der Waals surface area (Å²) in [6, 6.07) is 12.5. The number of carbonyl (C=O) groups excluding carboxylic acids is 1. The number of halogens is 1. The van der Waals surface area contributed by atoms with Gasteiger partial charge in [-0.05, 0) is 57.2 Å². The summed E-state index contributed by atoms with van der Waals surface area (Å²) < 4.78 is 25.2. The lowest BCUT2D eigenvalue weighted by Crippen LogP contribution is -2.46. The minimum atomic E-state index is -0.276. The van der Waals surface area contributed by atoms with Crippen molar-refractivity contribution in [2.24, 2.45) is 0 Å². The number of likely N-dealkylation sites (tertiary alicyclic amines) is 1. The zero-order valence-electron chi connectivity index (χ0n) is 18.5. The Kier molecular flexibility index (Phi) is 6.28. The van der Waals surface area contributed by atoms with Gasteiger partial charge in [0.25, 0.3) is 0 Å². The molecule has 6 nitrogen and oxygen atoms in total. The van der Waals surface area contributed by atoms with Crippen molar-refractivity contribution in [1.82, 2.24) is 14.8 Å². The van der Waals surface area contributed by atoms with Gasteiger partial charge in [0.2, 0.25) is 12.7 Å². The number of aromatic nitrogens is 1. The van der Waals surface area contributed by atoms with Gasteiger partial charge in [-0.3, -0.25) is 4.79 Å². The third kappa shape index (κ3) is 4.86. The maximum absolute atomic E-state index is 14.4. The SMILES string of the molecule is CN1CCC(N(Cc2ccccc2F)C(=O)Cc2csc(-c3ccc4c(c3)OCO4)n2)CC1. The first kappa shape index (κ1) is 21.9. The predicted octanol–water partition coefficient (Wildman–Crippen LogP) is 4.34. The summed E-state index contributed by atoms with van der Waals surface area (Å²) in [5.41, 5.74) is 2.20. The molecule has 5 rings (SSSR count). The van der Waals surface area contributed by atoms with Crippen molar-refractivity contribution in [2.75, 3.05) is 26.9 Å². The summed E-state index contributed by atoms with van der Waals surface area (Å²) >= 11 is 1.50. The smallest absolute Gasteiger partial charge is 0.231 e. The van der Waals surface area contributed by atoms with Gasteiger partial charge in [0.05, 0.1) is 12.1 Å². The molecular formula is C25H26FN3O3S. The number of amides is 1. The Hall–Kier alpha value is -2.97. The normalized spacial score (nSPS) is 16.2. The zero-order chi connectivity index (χ0) is 22.8. The molecule has 0 N–H and O–H groups in total. The Morgan fingerprint density at radius 2 is 1.97 bits per heavy atom. The fourth-order valence-corrected chi connectivity index (χ4v) is 5.16. The Morgan fingerprint density at radius 3 is 2.79 bits per heavy atom. The van der Waals surface area contributed by atoms with E-state index < -0.39 is 0 Å². The largest absolute Gasteiger partial charge is 0.454 e. The molecule has 172 valence electrons. The van der Waals surface area contributed by atoms with Crippen LogP contribution in [-0.4, -0.2) is 53.7 Å². The van der Waals surface area contributed by atoms with Gasteiger partial charge in [-0.1, -0.05) is 18.2 Å². The molecule has 0 atom stereocenters. The fourth-order valence-electron chi connectivity index (χ4n) is 4.34. The Balaban J connectivity index is 1.33. The molecule has 0 radical (unpaired) electrons. The van der Waals surface area contributed by atoms with Gasteiger partial charge in [-0.15, -0.1) is 11.3 Å². The molecule has 0 unspecified atom stereocenters.